The highest BCUT2D eigenvalue weighted by atomic mass is 32.2. The van der Waals surface area contributed by atoms with Crippen LogP contribution < -0.4 is 9.46 Å². The van der Waals surface area contributed by atoms with E-state index in [-0.39, 0.29) is 29.6 Å². The number of hydrogen-bond acceptors (Lipinski definition) is 7. The summed E-state index contributed by atoms with van der Waals surface area (Å²) in [6, 6.07) is 11.3. The largest absolute Gasteiger partial charge is 0.497 e. The fraction of sp³-hybridized carbons (Fsp3) is 0.382. The minimum atomic E-state index is -4.01. The highest BCUT2D eigenvalue weighted by Gasteiger charge is 2.37. The molecule has 0 radical (unpaired) electrons. The maximum absolute atomic E-state index is 13.3. The molecule has 0 bridgehead atoms. The fourth-order valence-corrected chi connectivity index (χ4v) is 7.52. The fourth-order valence-electron chi connectivity index (χ4n) is 6.99. The lowest BCUT2D eigenvalue weighted by Crippen LogP contribution is -2.39. The maximum atomic E-state index is 13.3. The van der Waals surface area contributed by atoms with Gasteiger partial charge in [-0.25, -0.2) is 9.52 Å². The second-order valence-corrected chi connectivity index (χ2v) is 14.5. The Morgan fingerprint density at radius 1 is 1.04 bits per heavy atom. The van der Waals surface area contributed by atoms with E-state index < -0.39 is 22.1 Å². The molecule has 0 saturated heterocycles. The second kappa shape index (κ2) is 11.4. The predicted octanol–water partition coefficient (Wildman–Crippen LogP) is 6.02. The number of hydrogen-bond donors (Lipinski definition) is 2. The van der Waals surface area contributed by atoms with Gasteiger partial charge in [-0.05, 0) is 84.7 Å². The van der Waals surface area contributed by atoms with Crippen LogP contribution in [-0.2, 0) is 16.8 Å². The predicted molar refractivity (Wildman–Crippen MR) is 173 cm³/mol. The number of aromatic nitrogens is 2. The molecule has 240 valence electrons. The van der Waals surface area contributed by atoms with Gasteiger partial charge in [-0.15, -0.1) is 0 Å². The van der Waals surface area contributed by atoms with E-state index in [9.17, 15) is 23.1 Å². The summed E-state index contributed by atoms with van der Waals surface area (Å²) >= 11 is 0. The summed E-state index contributed by atoms with van der Waals surface area (Å²) in [4.78, 5) is 25.7. The number of carboxylic acids is 1. The van der Waals surface area contributed by atoms with Crippen molar-refractivity contribution in [2.45, 2.75) is 63.3 Å². The van der Waals surface area contributed by atoms with Crippen LogP contribution >= 0.6 is 0 Å². The summed E-state index contributed by atoms with van der Waals surface area (Å²) in [6.45, 7) is 0.290. The molecule has 2 aromatic heterocycles. The van der Waals surface area contributed by atoms with Crippen LogP contribution in [0.3, 0.4) is 0 Å². The topological polar surface area (TPSA) is 144 Å². The molecule has 46 heavy (non-hydrogen) atoms. The van der Waals surface area contributed by atoms with Crippen LogP contribution in [-0.4, -0.2) is 60.6 Å². The number of benzene rings is 2. The molecular formula is C34H36N4O7S. The van der Waals surface area contributed by atoms with Crippen LogP contribution in [0.1, 0.15) is 100 Å². The maximum Gasteiger partial charge on any atom is 0.358 e. The standard InChI is InChI=1S/C34H36N4O7S/c1-37(2)46(42,43)36-33(39)21-11-13-26-27(17-21)38-18-23(29-30(34(40)41)35-45-32(29)20-9-10-20)15-22-16-24(44-3)12-14-25(22)31(38)28(26)19-7-5-4-6-8-19/h11-17,19-20H,4-10,18H2,1-3H3,(H,36,39)(H,40,41). The number of nitrogens with zero attached hydrogens (tertiary/aromatic N) is 3. The van der Waals surface area contributed by atoms with Crippen molar-refractivity contribution in [3.05, 3.63) is 70.1 Å². The Labute approximate surface area is 267 Å². The first-order chi connectivity index (χ1) is 22.1. The zero-order chi connectivity index (χ0) is 32.3. The van der Waals surface area contributed by atoms with Crippen molar-refractivity contribution in [1.29, 1.82) is 0 Å². The van der Waals surface area contributed by atoms with E-state index in [4.69, 9.17) is 9.26 Å². The van der Waals surface area contributed by atoms with Crippen LogP contribution in [0.4, 0.5) is 0 Å². The van der Waals surface area contributed by atoms with Gasteiger partial charge in [0.1, 0.15) is 11.5 Å². The highest BCUT2D eigenvalue weighted by Crippen LogP contribution is 2.50. The minimum absolute atomic E-state index is 0.108. The zero-order valence-electron chi connectivity index (χ0n) is 26.0. The Balaban J connectivity index is 1.49. The number of nitrogens with one attached hydrogen (secondary N) is 1. The summed E-state index contributed by atoms with van der Waals surface area (Å²) in [7, 11) is 0.321. The lowest BCUT2D eigenvalue weighted by molar-refractivity contribution is 0.0685. The Bertz CT molecular complexity index is 2030. The molecule has 3 aliphatic rings. The molecule has 1 aliphatic heterocycles. The van der Waals surface area contributed by atoms with Crippen molar-refractivity contribution in [2.75, 3.05) is 21.2 Å². The van der Waals surface area contributed by atoms with Gasteiger partial charge < -0.3 is 18.9 Å². The number of carboxylic acid groups (broad SMARTS) is 1. The molecule has 0 atom stereocenters. The number of carbonyl (C=O) groups excluding carboxylic acids is 1. The molecule has 0 unspecified atom stereocenters. The van der Waals surface area contributed by atoms with Gasteiger partial charge in [0.05, 0.1) is 18.4 Å². The third-order valence-electron chi connectivity index (χ3n) is 9.44. The number of amides is 1. The molecule has 4 aromatic rings. The van der Waals surface area contributed by atoms with Gasteiger partial charge in [-0.1, -0.05) is 30.5 Å². The normalized spacial score (nSPS) is 16.9. The molecule has 11 nitrogen and oxygen atoms in total. The number of aromatic carboxylic acids is 1. The van der Waals surface area contributed by atoms with Gasteiger partial charge in [0.2, 0.25) is 0 Å². The Kier molecular flexibility index (Phi) is 7.51. The third kappa shape index (κ3) is 5.19. The highest BCUT2D eigenvalue weighted by molar-refractivity contribution is 7.87. The Morgan fingerprint density at radius 3 is 2.48 bits per heavy atom. The smallest absolute Gasteiger partial charge is 0.358 e. The lowest BCUT2D eigenvalue weighted by Gasteiger charge is -2.24. The molecule has 2 saturated carbocycles. The Hall–Kier alpha value is -4.42. The number of fused-ring (bicyclic) bond motifs is 5. The molecule has 3 heterocycles. The van der Waals surface area contributed by atoms with Crippen molar-refractivity contribution in [3.63, 3.8) is 0 Å². The van der Waals surface area contributed by atoms with Gasteiger partial charge in [-0.2, -0.15) is 12.7 Å². The summed E-state index contributed by atoms with van der Waals surface area (Å²) < 4.78 is 41.6. The van der Waals surface area contributed by atoms with E-state index in [0.29, 0.717) is 17.1 Å². The van der Waals surface area contributed by atoms with Crippen LogP contribution in [0.25, 0.3) is 33.8 Å². The number of methoxy groups -OCH3 is 1. The molecule has 1 amide bonds. The molecule has 2 fully saturated rings. The van der Waals surface area contributed by atoms with Crippen molar-refractivity contribution >= 4 is 44.6 Å². The number of carbonyl (C=O) groups is 2. The summed E-state index contributed by atoms with van der Waals surface area (Å²) in [5, 5.41) is 15.1. The quantitative estimate of drug-likeness (QED) is 0.237. The first-order valence-electron chi connectivity index (χ1n) is 15.6. The van der Waals surface area contributed by atoms with Crippen molar-refractivity contribution in [3.8, 4) is 17.0 Å². The average molecular weight is 645 g/mol. The first-order valence-corrected chi connectivity index (χ1v) is 17.0. The van der Waals surface area contributed by atoms with Gasteiger partial charge in [0, 0.05) is 48.6 Å². The molecule has 2 aliphatic carbocycles. The summed E-state index contributed by atoms with van der Waals surface area (Å²) in [6.07, 6.45) is 9.28. The van der Waals surface area contributed by atoms with Crippen molar-refractivity contribution in [2.24, 2.45) is 0 Å². The Morgan fingerprint density at radius 2 is 1.80 bits per heavy atom. The van der Waals surface area contributed by atoms with E-state index in [1.165, 1.54) is 26.1 Å². The van der Waals surface area contributed by atoms with E-state index in [0.717, 1.165) is 76.1 Å². The number of ether oxygens (including phenoxy) is 1. The molecule has 0 spiro atoms. The van der Waals surface area contributed by atoms with Gasteiger partial charge in [-0.3, -0.25) is 4.79 Å². The monoisotopic (exact) mass is 644 g/mol. The molecule has 7 rings (SSSR count). The summed E-state index contributed by atoms with van der Waals surface area (Å²) in [5.74, 6) is -0.256. The first kappa shape index (κ1) is 30.2. The SMILES string of the molecule is COc1ccc2c(c1)C=C(c1c(C(=O)O)noc1C1CC1)Cn1c-2c(C2CCCCC2)c2ccc(C(=O)NS(=O)(=O)N(C)C)cc21. The van der Waals surface area contributed by atoms with E-state index in [2.05, 4.69) is 14.4 Å². The molecule has 2 aromatic carbocycles. The van der Waals surface area contributed by atoms with Gasteiger partial charge in [0.25, 0.3) is 5.91 Å². The van der Waals surface area contributed by atoms with E-state index >= 15 is 0 Å². The van der Waals surface area contributed by atoms with Gasteiger partial charge in [0.15, 0.2) is 5.69 Å². The van der Waals surface area contributed by atoms with Crippen molar-refractivity contribution in [1.82, 2.24) is 18.8 Å². The molecule has 12 heteroatoms. The third-order valence-corrected chi connectivity index (χ3v) is 10.8. The second-order valence-electron chi connectivity index (χ2n) is 12.6. The minimum Gasteiger partial charge on any atom is -0.497 e. The average Bonchev–Trinajstić information content (AvgIpc) is 3.74. The van der Waals surface area contributed by atoms with Gasteiger partial charge >= 0.3 is 16.2 Å². The van der Waals surface area contributed by atoms with Crippen LogP contribution in [0.15, 0.2) is 40.9 Å². The van der Waals surface area contributed by atoms with Crippen molar-refractivity contribution < 1.29 is 32.4 Å². The van der Waals surface area contributed by atoms with Crippen LogP contribution in [0.5, 0.6) is 5.75 Å². The van der Waals surface area contributed by atoms with E-state index in [1.807, 2.05) is 30.3 Å². The summed E-state index contributed by atoms with van der Waals surface area (Å²) in [5.41, 5.74) is 6.10. The van der Waals surface area contributed by atoms with Crippen LogP contribution in [0.2, 0.25) is 0 Å². The van der Waals surface area contributed by atoms with E-state index in [1.54, 1.807) is 19.2 Å². The van der Waals surface area contributed by atoms with Crippen LogP contribution in [0, 0.1) is 0 Å². The molecule has 2 N–H and O–H groups in total. The number of rotatable bonds is 8. The zero-order valence-corrected chi connectivity index (χ0v) is 26.8. The lowest BCUT2D eigenvalue weighted by atomic mass is 9.81. The molecular weight excluding hydrogens is 608 g/mol. The number of allylic oxidation sites excluding steroid dienone is 1.